The van der Waals surface area contributed by atoms with E-state index in [1.54, 1.807) is 0 Å². The number of hydrogen-bond acceptors (Lipinski definition) is 3. The summed E-state index contributed by atoms with van der Waals surface area (Å²) in [4.78, 5) is 0. The van der Waals surface area contributed by atoms with Crippen LogP contribution in [0.4, 0.5) is 0 Å². The average Bonchev–Trinajstić information content (AvgIpc) is 2.39. The molecule has 0 bridgehead atoms. The summed E-state index contributed by atoms with van der Waals surface area (Å²) in [6.07, 6.45) is 3.93. The highest BCUT2D eigenvalue weighted by atomic mass is 16.5. The lowest BCUT2D eigenvalue weighted by Crippen LogP contribution is -2.34. The summed E-state index contributed by atoms with van der Waals surface area (Å²) in [7, 11) is 0. The fourth-order valence-electron chi connectivity index (χ4n) is 2.45. The fourth-order valence-corrected chi connectivity index (χ4v) is 2.45. The van der Waals surface area contributed by atoms with Crippen LogP contribution in [0, 0.1) is 0 Å². The van der Waals surface area contributed by atoms with Crippen LogP contribution in [0.5, 0.6) is 5.75 Å². The van der Waals surface area contributed by atoms with Crippen LogP contribution in [0.3, 0.4) is 0 Å². The molecule has 1 saturated carbocycles. The Morgan fingerprint density at radius 2 is 2.06 bits per heavy atom. The minimum atomic E-state index is -0.0793. The predicted molar refractivity (Wildman–Crippen MR) is 72.7 cm³/mol. The Morgan fingerprint density at radius 3 is 2.78 bits per heavy atom. The van der Waals surface area contributed by atoms with Gasteiger partial charge in [0.25, 0.3) is 0 Å². The maximum Gasteiger partial charge on any atom is 0.119 e. The number of nitrogens with one attached hydrogen (secondary N) is 1. The maximum atomic E-state index is 9.46. The fraction of sp³-hybridized carbons (Fsp3) is 0.600. The third-order valence-corrected chi connectivity index (χ3v) is 3.50. The van der Waals surface area contributed by atoms with Crippen molar-refractivity contribution in [3.63, 3.8) is 0 Å². The number of ether oxygens (including phenoxy) is 1. The maximum absolute atomic E-state index is 9.46. The highest BCUT2D eigenvalue weighted by Crippen LogP contribution is 2.19. The number of benzene rings is 1. The van der Waals surface area contributed by atoms with Gasteiger partial charge < -0.3 is 15.2 Å². The zero-order valence-corrected chi connectivity index (χ0v) is 11.1. The molecule has 1 aliphatic carbocycles. The molecule has 1 aromatic carbocycles. The van der Waals surface area contributed by atoms with Crippen LogP contribution in [-0.2, 0) is 6.54 Å². The molecule has 0 unspecified atom stereocenters. The molecule has 1 aromatic rings. The first-order valence-electron chi connectivity index (χ1n) is 6.91. The van der Waals surface area contributed by atoms with Crippen molar-refractivity contribution in [2.45, 2.75) is 51.3 Å². The van der Waals surface area contributed by atoms with E-state index in [-0.39, 0.29) is 6.10 Å². The Labute approximate surface area is 109 Å². The first-order chi connectivity index (χ1) is 8.78. The second-order valence-electron chi connectivity index (χ2n) is 4.97. The first kappa shape index (κ1) is 13.4. The van der Waals surface area contributed by atoms with Crippen molar-refractivity contribution in [1.29, 1.82) is 0 Å². The van der Waals surface area contributed by atoms with Gasteiger partial charge in [0.05, 0.1) is 12.7 Å². The number of aliphatic hydroxyl groups excluding tert-OH is 1. The van der Waals surface area contributed by atoms with Gasteiger partial charge in [0.1, 0.15) is 5.75 Å². The summed E-state index contributed by atoms with van der Waals surface area (Å²) in [5, 5.41) is 13.0. The zero-order chi connectivity index (χ0) is 12.8. The monoisotopic (exact) mass is 249 g/mol. The minimum absolute atomic E-state index is 0.0793. The summed E-state index contributed by atoms with van der Waals surface area (Å²) in [5.74, 6) is 0.941. The molecule has 3 nitrogen and oxygen atoms in total. The van der Waals surface area contributed by atoms with E-state index in [0.29, 0.717) is 12.6 Å². The SMILES string of the molecule is CCOc1cccc(CNC2CCC(O)CC2)c1. The summed E-state index contributed by atoms with van der Waals surface area (Å²) < 4.78 is 5.49. The van der Waals surface area contributed by atoms with Gasteiger partial charge >= 0.3 is 0 Å². The van der Waals surface area contributed by atoms with E-state index in [4.69, 9.17) is 4.74 Å². The first-order valence-corrected chi connectivity index (χ1v) is 6.91. The molecule has 0 amide bonds. The number of hydrogen-bond donors (Lipinski definition) is 2. The van der Waals surface area contributed by atoms with Crippen molar-refractivity contribution in [3.05, 3.63) is 29.8 Å². The minimum Gasteiger partial charge on any atom is -0.494 e. The summed E-state index contributed by atoms with van der Waals surface area (Å²) >= 11 is 0. The molecule has 0 aliphatic heterocycles. The van der Waals surface area contributed by atoms with E-state index < -0.39 is 0 Å². The normalized spacial score (nSPS) is 23.9. The molecule has 0 spiro atoms. The van der Waals surface area contributed by atoms with Crippen molar-refractivity contribution in [1.82, 2.24) is 5.32 Å². The Bertz CT molecular complexity index is 359. The van der Waals surface area contributed by atoms with Gasteiger partial charge in [-0.3, -0.25) is 0 Å². The van der Waals surface area contributed by atoms with Crippen LogP contribution in [0.25, 0.3) is 0 Å². The Hall–Kier alpha value is -1.06. The van der Waals surface area contributed by atoms with Gasteiger partial charge in [-0.25, -0.2) is 0 Å². The average molecular weight is 249 g/mol. The Balaban J connectivity index is 1.80. The molecule has 1 fully saturated rings. The van der Waals surface area contributed by atoms with Crippen molar-refractivity contribution in [3.8, 4) is 5.75 Å². The molecule has 0 saturated heterocycles. The van der Waals surface area contributed by atoms with Gasteiger partial charge in [-0.2, -0.15) is 0 Å². The van der Waals surface area contributed by atoms with Crippen molar-refractivity contribution < 1.29 is 9.84 Å². The Morgan fingerprint density at radius 1 is 1.28 bits per heavy atom. The quantitative estimate of drug-likeness (QED) is 0.842. The van der Waals surface area contributed by atoms with Crippen molar-refractivity contribution in [2.75, 3.05) is 6.61 Å². The van der Waals surface area contributed by atoms with E-state index >= 15 is 0 Å². The van der Waals surface area contributed by atoms with Crippen LogP contribution in [0.1, 0.15) is 38.2 Å². The Kier molecular flexibility index (Phi) is 5.02. The van der Waals surface area contributed by atoms with Crippen molar-refractivity contribution >= 4 is 0 Å². The molecule has 0 atom stereocenters. The molecule has 2 N–H and O–H groups in total. The van der Waals surface area contributed by atoms with Gasteiger partial charge in [-0.15, -0.1) is 0 Å². The van der Waals surface area contributed by atoms with E-state index in [0.717, 1.165) is 38.0 Å². The standard InChI is InChI=1S/C15H23NO2/c1-2-18-15-5-3-4-12(10-15)11-16-13-6-8-14(17)9-7-13/h3-5,10,13-14,16-17H,2,6-9,11H2,1H3. The smallest absolute Gasteiger partial charge is 0.119 e. The van der Waals surface area contributed by atoms with Gasteiger partial charge in [0.2, 0.25) is 0 Å². The highest BCUT2D eigenvalue weighted by molar-refractivity contribution is 5.28. The lowest BCUT2D eigenvalue weighted by Gasteiger charge is -2.26. The van der Waals surface area contributed by atoms with Crippen LogP contribution < -0.4 is 10.1 Å². The summed E-state index contributed by atoms with van der Waals surface area (Å²) in [6, 6.07) is 8.78. The van der Waals surface area contributed by atoms with E-state index in [1.807, 2.05) is 19.1 Å². The van der Waals surface area contributed by atoms with Gasteiger partial charge in [-0.05, 0) is 50.3 Å². The second kappa shape index (κ2) is 6.76. The van der Waals surface area contributed by atoms with Crippen LogP contribution >= 0.6 is 0 Å². The zero-order valence-electron chi connectivity index (χ0n) is 11.1. The van der Waals surface area contributed by atoms with Crippen LogP contribution in [0.15, 0.2) is 24.3 Å². The molecule has 100 valence electrons. The molecule has 0 aromatic heterocycles. The van der Waals surface area contributed by atoms with E-state index in [1.165, 1.54) is 5.56 Å². The van der Waals surface area contributed by atoms with Gasteiger partial charge in [0, 0.05) is 12.6 Å². The van der Waals surface area contributed by atoms with Crippen molar-refractivity contribution in [2.24, 2.45) is 0 Å². The lowest BCUT2D eigenvalue weighted by atomic mass is 9.93. The summed E-state index contributed by atoms with van der Waals surface area (Å²) in [6.45, 7) is 3.58. The molecule has 2 rings (SSSR count). The highest BCUT2D eigenvalue weighted by Gasteiger charge is 2.18. The van der Waals surface area contributed by atoms with Gasteiger partial charge in [0.15, 0.2) is 0 Å². The molecule has 18 heavy (non-hydrogen) atoms. The molecular formula is C15H23NO2. The topological polar surface area (TPSA) is 41.5 Å². The lowest BCUT2D eigenvalue weighted by molar-refractivity contribution is 0.116. The second-order valence-corrected chi connectivity index (χ2v) is 4.97. The summed E-state index contributed by atoms with van der Waals surface area (Å²) in [5.41, 5.74) is 1.26. The third-order valence-electron chi connectivity index (χ3n) is 3.50. The predicted octanol–water partition coefficient (Wildman–Crippen LogP) is 2.48. The largest absolute Gasteiger partial charge is 0.494 e. The van der Waals surface area contributed by atoms with E-state index in [2.05, 4.69) is 17.4 Å². The third kappa shape index (κ3) is 4.00. The molecule has 0 heterocycles. The van der Waals surface area contributed by atoms with E-state index in [9.17, 15) is 5.11 Å². The number of rotatable bonds is 5. The van der Waals surface area contributed by atoms with Gasteiger partial charge in [-0.1, -0.05) is 12.1 Å². The van der Waals surface area contributed by atoms with Crippen LogP contribution in [-0.4, -0.2) is 23.9 Å². The molecule has 1 aliphatic rings. The molecular weight excluding hydrogens is 226 g/mol. The number of aliphatic hydroxyl groups is 1. The van der Waals surface area contributed by atoms with Crippen LogP contribution in [0.2, 0.25) is 0 Å². The molecule has 3 heteroatoms. The molecule has 0 radical (unpaired) electrons.